The first-order chi connectivity index (χ1) is 8.91. The van der Waals surface area contributed by atoms with Crippen molar-refractivity contribution in [2.75, 3.05) is 66.4 Å². The Kier molecular flexibility index (Phi) is 16.6. The largest absolute Gasteiger partial charge is 0.382 e. The third-order valence-corrected chi connectivity index (χ3v) is 2.28. The molecule has 0 atom stereocenters. The van der Waals surface area contributed by atoms with Crippen molar-refractivity contribution < 1.29 is 18.9 Å². The highest BCUT2D eigenvalue weighted by Gasteiger charge is 1.92. The van der Waals surface area contributed by atoms with Crippen molar-refractivity contribution in [1.29, 1.82) is 0 Å². The molecule has 0 spiro atoms. The number of hydrogen-bond acceptors (Lipinski definition) is 5. The van der Waals surface area contributed by atoms with E-state index in [1.165, 1.54) is 0 Å². The van der Waals surface area contributed by atoms with Crippen LogP contribution in [0.15, 0.2) is 0 Å². The van der Waals surface area contributed by atoms with Crippen LogP contribution in [0, 0.1) is 0 Å². The van der Waals surface area contributed by atoms with E-state index >= 15 is 0 Å². The van der Waals surface area contributed by atoms with Crippen molar-refractivity contribution >= 4 is 0 Å². The first kappa shape index (κ1) is 17.8. The summed E-state index contributed by atoms with van der Waals surface area (Å²) in [5, 5.41) is 3.31. The van der Waals surface area contributed by atoms with Gasteiger partial charge >= 0.3 is 0 Å². The van der Waals surface area contributed by atoms with Gasteiger partial charge in [-0.2, -0.15) is 0 Å². The molecular weight excluding hydrogens is 234 g/mol. The fourth-order valence-corrected chi connectivity index (χ4v) is 1.32. The molecule has 5 nitrogen and oxygen atoms in total. The molecule has 5 heteroatoms. The summed E-state index contributed by atoms with van der Waals surface area (Å²) in [5.74, 6) is 0. The molecule has 0 saturated carbocycles. The number of methoxy groups -OCH3 is 1. The molecular formula is C13H29NO4. The van der Waals surface area contributed by atoms with Crippen molar-refractivity contribution in [2.45, 2.75) is 19.8 Å². The van der Waals surface area contributed by atoms with E-state index in [0.29, 0.717) is 13.2 Å². The van der Waals surface area contributed by atoms with E-state index < -0.39 is 0 Å². The molecule has 0 aliphatic rings. The first-order valence-electron chi connectivity index (χ1n) is 6.84. The number of rotatable bonds is 15. The highest BCUT2D eigenvalue weighted by atomic mass is 16.5. The maximum atomic E-state index is 5.46. The van der Waals surface area contributed by atoms with Crippen LogP contribution in [-0.2, 0) is 18.9 Å². The molecule has 110 valence electrons. The predicted octanol–water partition coefficient (Wildman–Crippen LogP) is 1.07. The second kappa shape index (κ2) is 16.8. The van der Waals surface area contributed by atoms with Crippen LogP contribution in [0.3, 0.4) is 0 Å². The Balaban J connectivity index is 2.86. The zero-order valence-electron chi connectivity index (χ0n) is 11.9. The Bertz CT molecular complexity index is 131. The van der Waals surface area contributed by atoms with Crippen LogP contribution < -0.4 is 5.32 Å². The average molecular weight is 263 g/mol. The van der Waals surface area contributed by atoms with E-state index in [2.05, 4.69) is 5.32 Å². The van der Waals surface area contributed by atoms with Gasteiger partial charge in [0, 0.05) is 40.1 Å². The molecule has 0 aromatic rings. The molecule has 0 bridgehead atoms. The van der Waals surface area contributed by atoms with Crippen molar-refractivity contribution in [2.24, 2.45) is 0 Å². The van der Waals surface area contributed by atoms with Gasteiger partial charge in [0.2, 0.25) is 0 Å². The van der Waals surface area contributed by atoms with Gasteiger partial charge in [-0.3, -0.25) is 0 Å². The molecule has 0 aliphatic carbocycles. The molecule has 18 heavy (non-hydrogen) atoms. The van der Waals surface area contributed by atoms with Crippen molar-refractivity contribution in [1.82, 2.24) is 5.32 Å². The molecule has 0 rings (SSSR count). The lowest BCUT2D eigenvalue weighted by molar-refractivity contribution is 0.0518. The summed E-state index contributed by atoms with van der Waals surface area (Å²) < 4.78 is 20.9. The van der Waals surface area contributed by atoms with Gasteiger partial charge in [-0.25, -0.2) is 0 Å². The van der Waals surface area contributed by atoms with E-state index in [9.17, 15) is 0 Å². The minimum absolute atomic E-state index is 0.659. The fourth-order valence-electron chi connectivity index (χ4n) is 1.32. The van der Waals surface area contributed by atoms with E-state index in [4.69, 9.17) is 18.9 Å². The monoisotopic (exact) mass is 263 g/mol. The molecule has 0 fully saturated rings. The Morgan fingerprint density at radius 1 is 0.722 bits per heavy atom. The van der Waals surface area contributed by atoms with Crippen LogP contribution in [-0.4, -0.2) is 66.4 Å². The van der Waals surface area contributed by atoms with E-state index in [0.717, 1.165) is 59.0 Å². The van der Waals surface area contributed by atoms with Gasteiger partial charge in [-0.15, -0.1) is 0 Å². The molecule has 0 unspecified atom stereocenters. The van der Waals surface area contributed by atoms with Gasteiger partial charge in [0.25, 0.3) is 0 Å². The molecule has 0 aliphatic heterocycles. The summed E-state index contributed by atoms with van der Waals surface area (Å²) in [4.78, 5) is 0. The van der Waals surface area contributed by atoms with Gasteiger partial charge in [0.05, 0.1) is 19.8 Å². The number of nitrogens with one attached hydrogen (secondary N) is 1. The smallest absolute Gasteiger partial charge is 0.0700 e. The zero-order valence-corrected chi connectivity index (χ0v) is 11.9. The SMILES string of the molecule is CCOCCCNCCOCCCOCCOC. The Labute approximate surface area is 111 Å². The minimum Gasteiger partial charge on any atom is -0.382 e. The fraction of sp³-hybridized carbons (Fsp3) is 1.00. The van der Waals surface area contributed by atoms with Crippen LogP contribution in [0.25, 0.3) is 0 Å². The second-order valence-electron chi connectivity index (χ2n) is 3.87. The van der Waals surface area contributed by atoms with Crippen LogP contribution >= 0.6 is 0 Å². The topological polar surface area (TPSA) is 49.0 Å². The summed E-state index contributed by atoms with van der Waals surface area (Å²) in [5.41, 5.74) is 0. The highest BCUT2D eigenvalue weighted by molar-refractivity contribution is 4.46. The van der Waals surface area contributed by atoms with Gasteiger partial charge in [-0.05, 0) is 26.3 Å². The quantitative estimate of drug-likeness (QED) is 0.448. The summed E-state index contributed by atoms with van der Waals surface area (Å²) in [6.07, 6.45) is 2.00. The minimum atomic E-state index is 0.659. The second-order valence-corrected chi connectivity index (χ2v) is 3.87. The zero-order chi connectivity index (χ0) is 13.3. The molecule has 0 amide bonds. The van der Waals surface area contributed by atoms with Gasteiger partial charge in [0.15, 0.2) is 0 Å². The first-order valence-corrected chi connectivity index (χ1v) is 6.84. The summed E-state index contributed by atoms with van der Waals surface area (Å²) in [6.45, 7) is 9.12. The van der Waals surface area contributed by atoms with Gasteiger partial charge < -0.3 is 24.3 Å². The van der Waals surface area contributed by atoms with E-state index in [1.807, 2.05) is 6.92 Å². The third kappa shape index (κ3) is 15.8. The Morgan fingerprint density at radius 2 is 1.44 bits per heavy atom. The molecule has 0 aromatic carbocycles. The maximum absolute atomic E-state index is 5.46. The summed E-state index contributed by atoms with van der Waals surface area (Å²) in [7, 11) is 1.67. The van der Waals surface area contributed by atoms with Crippen LogP contribution in [0.1, 0.15) is 19.8 Å². The highest BCUT2D eigenvalue weighted by Crippen LogP contribution is 1.85. The van der Waals surface area contributed by atoms with E-state index in [-0.39, 0.29) is 0 Å². The van der Waals surface area contributed by atoms with Crippen LogP contribution in [0.2, 0.25) is 0 Å². The van der Waals surface area contributed by atoms with E-state index in [1.54, 1.807) is 7.11 Å². The molecule has 1 N–H and O–H groups in total. The molecule has 0 radical (unpaired) electrons. The lowest BCUT2D eigenvalue weighted by Crippen LogP contribution is -2.22. The molecule has 0 saturated heterocycles. The molecule has 0 aromatic heterocycles. The summed E-state index contributed by atoms with van der Waals surface area (Å²) in [6, 6.07) is 0. The van der Waals surface area contributed by atoms with Crippen LogP contribution in [0.5, 0.6) is 0 Å². The van der Waals surface area contributed by atoms with Crippen molar-refractivity contribution in [3.05, 3.63) is 0 Å². The average Bonchev–Trinajstić information content (AvgIpc) is 2.39. The number of ether oxygens (including phenoxy) is 4. The maximum Gasteiger partial charge on any atom is 0.0700 e. The van der Waals surface area contributed by atoms with Crippen molar-refractivity contribution in [3.8, 4) is 0 Å². The van der Waals surface area contributed by atoms with Gasteiger partial charge in [0.1, 0.15) is 0 Å². The lowest BCUT2D eigenvalue weighted by Gasteiger charge is -2.07. The Hall–Kier alpha value is -0.200. The third-order valence-electron chi connectivity index (χ3n) is 2.28. The number of hydrogen-bond donors (Lipinski definition) is 1. The summed E-state index contributed by atoms with van der Waals surface area (Å²) >= 11 is 0. The van der Waals surface area contributed by atoms with Crippen molar-refractivity contribution in [3.63, 3.8) is 0 Å². The van der Waals surface area contributed by atoms with Gasteiger partial charge in [-0.1, -0.05) is 0 Å². The normalized spacial score (nSPS) is 11.0. The predicted molar refractivity (Wildman–Crippen MR) is 72.1 cm³/mol. The Morgan fingerprint density at radius 3 is 2.17 bits per heavy atom. The standard InChI is InChI=1S/C13H29NO4/c1-3-16-8-4-6-14-7-11-17-9-5-10-18-13-12-15-2/h14H,3-13H2,1-2H3. The molecule has 0 heterocycles. The lowest BCUT2D eigenvalue weighted by atomic mass is 10.4. The van der Waals surface area contributed by atoms with Crippen LogP contribution in [0.4, 0.5) is 0 Å².